The molecule has 0 N–H and O–H groups in total. The molecule has 6 aromatic carbocycles. The van der Waals surface area contributed by atoms with Crippen LogP contribution in [0.2, 0.25) is 0 Å². The van der Waals surface area contributed by atoms with Gasteiger partial charge >= 0.3 is 0 Å². The summed E-state index contributed by atoms with van der Waals surface area (Å²) in [5.74, 6) is 1.18. The topological polar surface area (TPSA) is 27.2 Å². The summed E-state index contributed by atoms with van der Waals surface area (Å²) in [7, 11) is 0. The molecule has 0 saturated heterocycles. The van der Waals surface area contributed by atoms with Crippen molar-refractivity contribution in [3.63, 3.8) is 0 Å². The number of allylic oxidation sites excluding steroid dienone is 1. The molecular formula is C61H48N4. The molecule has 3 aliphatic rings. The Balaban J connectivity index is 1.08. The molecule has 0 fully saturated rings. The van der Waals surface area contributed by atoms with E-state index < -0.39 is 0 Å². The Bertz CT molecular complexity index is 3840. The Morgan fingerprint density at radius 2 is 1.18 bits per heavy atom. The van der Waals surface area contributed by atoms with Crippen LogP contribution in [0.5, 0.6) is 0 Å². The maximum absolute atomic E-state index is 5.22. The van der Waals surface area contributed by atoms with E-state index in [9.17, 15) is 0 Å². The number of rotatable bonds is 4. The monoisotopic (exact) mass is 836 g/mol. The van der Waals surface area contributed by atoms with Crippen molar-refractivity contribution in [1.82, 2.24) is 18.5 Å². The third-order valence-electron chi connectivity index (χ3n) is 16.0. The van der Waals surface area contributed by atoms with Crippen LogP contribution < -0.4 is 0 Å². The van der Waals surface area contributed by atoms with Gasteiger partial charge in [-0.05, 0) is 172 Å². The number of benzene rings is 6. The average Bonchev–Trinajstić information content (AvgIpc) is 4.04. The van der Waals surface area contributed by atoms with Crippen molar-refractivity contribution in [2.45, 2.75) is 64.2 Å². The second-order valence-electron chi connectivity index (χ2n) is 19.2. The van der Waals surface area contributed by atoms with Crippen molar-refractivity contribution in [3.05, 3.63) is 203 Å². The van der Waals surface area contributed by atoms with Gasteiger partial charge in [-0.3, -0.25) is 0 Å². The van der Waals surface area contributed by atoms with E-state index in [1.807, 2.05) is 0 Å². The third-order valence-corrected chi connectivity index (χ3v) is 16.0. The minimum Gasteiger partial charge on any atom is -0.317 e. The first kappa shape index (κ1) is 37.0. The molecule has 5 heterocycles. The number of para-hydroxylation sites is 3. The number of aromatic nitrogens is 4. The molecule has 4 heteroatoms. The molecule has 5 aromatic heterocycles. The maximum Gasteiger partial charge on any atom is 0.0709 e. The highest BCUT2D eigenvalue weighted by molar-refractivity contribution is 6.15. The van der Waals surface area contributed by atoms with Crippen molar-refractivity contribution in [3.8, 4) is 33.8 Å². The molecule has 0 radical (unpaired) electrons. The van der Waals surface area contributed by atoms with Crippen molar-refractivity contribution in [1.29, 1.82) is 0 Å². The maximum atomic E-state index is 5.22. The van der Waals surface area contributed by atoms with Crippen LogP contribution in [0.3, 0.4) is 0 Å². The second-order valence-corrected chi connectivity index (χ2v) is 19.2. The normalized spacial score (nSPS) is 18.7. The zero-order chi connectivity index (χ0) is 43.2. The molecule has 0 saturated carbocycles. The highest BCUT2D eigenvalue weighted by Gasteiger charge is 2.43. The molecular weight excluding hydrogens is 789 g/mol. The number of nitrogens with zero attached hydrogens (tertiary/aromatic N) is 4. The molecule has 0 amide bonds. The highest BCUT2D eigenvalue weighted by Crippen LogP contribution is 2.61. The SMILES string of the molecule is CC1c2cc3c4c(n(-c5ccccc5)c3c3c2-c2c(cc5c6cc(-c7ccc8ccccn78)ccc6n(-c6ccccc6)c5c2C(C)C3C)C1C)CCC(c1ccc2ccccc2n1)=C4. The first-order chi connectivity index (χ1) is 31.9. The number of hydrogen-bond acceptors (Lipinski definition) is 1. The second kappa shape index (κ2) is 13.5. The first-order valence-corrected chi connectivity index (χ1v) is 23.6. The fraction of sp³-hybridized carbons (Fsp3) is 0.164. The number of pyridine rings is 2. The Labute approximate surface area is 378 Å². The summed E-state index contributed by atoms with van der Waals surface area (Å²) in [6.07, 6.45) is 6.59. The van der Waals surface area contributed by atoms with Crippen molar-refractivity contribution in [2.24, 2.45) is 0 Å². The largest absolute Gasteiger partial charge is 0.317 e. The Hall–Kier alpha value is -7.43. The van der Waals surface area contributed by atoms with E-state index in [1.165, 1.54) is 116 Å². The van der Waals surface area contributed by atoms with Crippen LogP contribution in [0.25, 0.3) is 94.5 Å². The minimum atomic E-state index is 0.254. The molecule has 312 valence electrons. The van der Waals surface area contributed by atoms with E-state index in [0.717, 1.165) is 24.1 Å². The summed E-state index contributed by atoms with van der Waals surface area (Å²) in [6, 6.07) is 58.6. The fourth-order valence-electron chi connectivity index (χ4n) is 12.5. The molecule has 3 aliphatic carbocycles. The first-order valence-electron chi connectivity index (χ1n) is 23.6. The smallest absolute Gasteiger partial charge is 0.0709 e. The standard InChI is InChI=1S/C61H48N4/c1-35-36(2)46-34-50-48-32-41(53-29-25-42-16-13-14-30-63(42)53)24-28-55(48)65(44-19-9-6-10-20-44)61(50)57-38(4)37(3)56-58(59(46)57)45(35)33-49-47-31-40(52-26-22-39-15-11-12-21-51(39)62-52)23-27-54(47)64(60(49)56)43-17-7-5-8-18-43/h5-22,24-26,28-38H,23,27H2,1-4H3. The van der Waals surface area contributed by atoms with Gasteiger partial charge in [0, 0.05) is 55.9 Å². The van der Waals surface area contributed by atoms with Crippen LogP contribution in [-0.2, 0) is 6.42 Å². The van der Waals surface area contributed by atoms with Gasteiger partial charge in [0.25, 0.3) is 0 Å². The summed E-state index contributed by atoms with van der Waals surface area (Å²) in [5, 5.41) is 5.23. The van der Waals surface area contributed by atoms with Gasteiger partial charge in [-0.15, -0.1) is 0 Å². The predicted octanol–water partition coefficient (Wildman–Crippen LogP) is 15.8. The van der Waals surface area contributed by atoms with Gasteiger partial charge in [-0.25, -0.2) is 4.98 Å². The predicted molar refractivity (Wildman–Crippen MR) is 271 cm³/mol. The summed E-state index contributed by atoms with van der Waals surface area (Å²) in [6.45, 7) is 10.0. The van der Waals surface area contributed by atoms with Gasteiger partial charge in [0.2, 0.25) is 0 Å². The molecule has 65 heavy (non-hydrogen) atoms. The Morgan fingerprint density at radius 3 is 1.94 bits per heavy atom. The third kappa shape index (κ3) is 5.05. The summed E-state index contributed by atoms with van der Waals surface area (Å²) in [4.78, 5) is 5.22. The van der Waals surface area contributed by atoms with Gasteiger partial charge < -0.3 is 13.5 Å². The lowest BCUT2D eigenvalue weighted by Gasteiger charge is -2.42. The van der Waals surface area contributed by atoms with E-state index >= 15 is 0 Å². The molecule has 0 bridgehead atoms. The summed E-state index contributed by atoms with van der Waals surface area (Å²) < 4.78 is 7.56. The Kier molecular flexibility index (Phi) is 7.71. The van der Waals surface area contributed by atoms with Gasteiger partial charge in [0.1, 0.15) is 0 Å². The molecule has 14 rings (SSSR count). The summed E-state index contributed by atoms with van der Waals surface area (Å²) >= 11 is 0. The zero-order valence-corrected chi connectivity index (χ0v) is 37.2. The van der Waals surface area contributed by atoms with Crippen LogP contribution in [0, 0.1) is 0 Å². The van der Waals surface area contributed by atoms with Gasteiger partial charge in [0.05, 0.1) is 33.5 Å². The van der Waals surface area contributed by atoms with E-state index in [-0.39, 0.29) is 11.8 Å². The quantitative estimate of drug-likeness (QED) is 0.173. The van der Waals surface area contributed by atoms with Crippen molar-refractivity contribution < 1.29 is 0 Å². The summed E-state index contributed by atoms with van der Waals surface area (Å²) in [5.41, 5.74) is 25.3. The van der Waals surface area contributed by atoms with Crippen LogP contribution in [0.4, 0.5) is 0 Å². The van der Waals surface area contributed by atoms with Crippen LogP contribution in [-0.4, -0.2) is 18.5 Å². The van der Waals surface area contributed by atoms with Gasteiger partial charge in [-0.2, -0.15) is 0 Å². The molecule has 11 aromatic rings. The lowest BCUT2D eigenvalue weighted by Crippen LogP contribution is -2.24. The van der Waals surface area contributed by atoms with E-state index in [0.29, 0.717) is 11.8 Å². The van der Waals surface area contributed by atoms with Crippen LogP contribution >= 0.6 is 0 Å². The molecule has 4 atom stereocenters. The fourth-order valence-corrected chi connectivity index (χ4v) is 12.5. The number of hydrogen-bond donors (Lipinski definition) is 0. The average molecular weight is 837 g/mol. The minimum absolute atomic E-state index is 0.254. The van der Waals surface area contributed by atoms with E-state index in [4.69, 9.17) is 4.98 Å². The Morgan fingerprint density at radius 1 is 0.523 bits per heavy atom. The van der Waals surface area contributed by atoms with E-state index in [1.54, 1.807) is 0 Å². The van der Waals surface area contributed by atoms with Crippen molar-refractivity contribution >= 4 is 60.8 Å². The molecule has 0 spiro atoms. The number of fused-ring (bicyclic) bond motifs is 10. The lowest BCUT2D eigenvalue weighted by atomic mass is 9.62. The highest BCUT2D eigenvalue weighted by atomic mass is 15.0. The van der Waals surface area contributed by atoms with Gasteiger partial charge in [0.15, 0.2) is 0 Å². The van der Waals surface area contributed by atoms with Crippen LogP contribution in [0.15, 0.2) is 164 Å². The van der Waals surface area contributed by atoms with Crippen LogP contribution in [0.1, 0.15) is 97.0 Å². The molecule has 4 nitrogen and oxygen atoms in total. The lowest BCUT2D eigenvalue weighted by molar-refractivity contribution is 0.584. The molecule has 0 aliphatic heterocycles. The van der Waals surface area contributed by atoms with Crippen molar-refractivity contribution in [2.75, 3.05) is 0 Å². The van der Waals surface area contributed by atoms with E-state index in [2.05, 4.69) is 211 Å². The zero-order valence-electron chi connectivity index (χ0n) is 37.2. The van der Waals surface area contributed by atoms with Gasteiger partial charge in [-0.1, -0.05) is 100 Å². The molecule has 4 unspecified atom stereocenters.